The van der Waals surface area contributed by atoms with Crippen LogP contribution >= 0.6 is 15.9 Å². The Morgan fingerprint density at radius 1 is 0.900 bits per heavy atom. The monoisotopic (exact) mass is 464 g/mol. The molecule has 0 radical (unpaired) electrons. The van der Waals surface area contributed by atoms with Crippen LogP contribution in [-0.4, -0.2) is 19.3 Å². The summed E-state index contributed by atoms with van der Waals surface area (Å²) in [7, 11) is 1.88. The highest BCUT2D eigenvalue weighted by molar-refractivity contribution is 9.10. The number of aryl methyl sites for hydroxylation is 1. The van der Waals surface area contributed by atoms with Gasteiger partial charge in [-0.1, -0.05) is 22.0 Å². The lowest BCUT2D eigenvalue weighted by molar-refractivity contribution is 0.585. The molecule has 0 spiro atoms. The van der Waals surface area contributed by atoms with Gasteiger partial charge in [-0.3, -0.25) is 9.25 Å². The first-order chi connectivity index (χ1) is 14.5. The highest BCUT2D eigenvalue weighted by atomic mass is 79.9. The fourth-order valence-electron chi connectivity index (χ4n) is 3.56. The number of imidazole rings is 1. The fraction of sp³-hybridized carbons (Fsp3) is 0.0435. The summed E-state index contributed by atoms with van der Waals surface area (Å²) >= 11 is 3.50. The van der Waals surface area contributed by atoms with E-state index in [0.717, 1.165) is 38.4 Å². The van der Waals surface area contributed by atoms with Gasteiger partial charge in [0.1, 0.15) is 18.0 Å². The van der Waals surface area contributed by atoms with Crippen LogP contribution < -0.4 is 0 Å². The van der Waals surface area contributed by atoms with Gasteiger partial charge in [0, 0.05) is 40.6 Å². The van der Waals surface area contributed by atoms with E-state index in [1.54, 1.807) is 17.1 Å². The maximum Gasteiger partial charge on any atom is 0.133 e. The van der Waals surface area contributed by atoms with Crippen molar-refractivity contribution in [3.63, 3.8) is 0 Å². The fourth-order valence-corrected chi connectivity index (χ4v) is 4.04. The Morgan fingerprint density at radius 3 is 2.53 bits per heavy atom. The van der Waals surface area contributed by atoms with Crippen molar-refractivity contribution >= 4 is 27.0 Å². The standard InChI is InChI=1S/C23H15BrF2N4/c1-29-12-16(11-28-29)14-2-5-23-22(8-14)27-13-30(23)19-7-15(6-17(24)9-19)20-4-3-18(25)10-21(20)26/h2-13H,1H3. The molecule has 3 aromatic carbocycles. The van der Waals surface area contributed by atoms with Crippen molar-refractivity contribution in [2.75, 3.05) is 0 Å². The van der Waals surface area contributed by atoms with Crippen LogP contribution in [-0.2, 0) is 7.05 Å². The van der Waals surface area contributed by atoms with E-state index in [2.05, 4.69) is 26.0 Å². The van der Waals surface area contributed by atoms with E-state index in [9.17, 15) is 8.78 Å². The molecule has 0 fully saturated rings. The van der Waals surface area contributed by atoms with Crippen molar-refractivity contribution < 1.29 is 8.78 Å². The lowest BCUT2D eigenvalue weighted by Crippen LogP contribution is -1.94. The largest absolute Gasteiger partial charge is 0.299 e. The van der Waals surface area contributed by atoms with Crippen LogP contribution in [0.5, 0.6) is 0 Å². The molecule has 30 heavy (non-hydrogen) atoms. The predicted octanol–water partition coefficient (Wildman–Crippen LogP) is 6.13. The Hall–Kier alpha value is -3.32. The van der Waals surface area contributed by atoms with Gasteiger partial charge in [-0.2, -0.15) is 5.10 Å². The van der Waals surface area contributed by atoms with Gasteiger partial charge in [0.05, 0.1) is 17.2 Å². The number of hydrogen-bond acceptors (Lipinski definition) is 2. The maximum absolute atomic E-state index is 14.3. The van der Waals surface area contributed by atoms with E-state index in [1.807, 2.05) is 54.3 Å². The Labute approximate surface area is 179 Å². The molecular formula is C23H15BrF2N4. The first-order valence-corrected chi connectivity index (χ1v) is 10.00. The van der Waals surface area contributed by atoms with E-state index < -0.39 is 11.6 Å². The van der Waals surface area contributed by atoms with E-state index in [4.69, 9.17) is 0 Å². The number of rotatable bonds is 3. The van der Waals surface area contributed by atoms with Crippen LogP contribution in [0.15, 0.2) is 77.8 Å². The van der Waals surface area contributed by atoms with Crippen molar-refractivity contribution in [3.05, 3.63) is 89.4 Å². The van der Waals surface area contributed by atoms with Crippen LogP contribution in [0, 0.1) is 11.6 Å². The van der Waals surface area contributed by atoms with Gasteiger partial charge in [-0.05, 0) is 53.6 Å². The van der Waals surface area contributed by atoms with Crippen molar-refractivity contribution in [2.45, 2.75) is 0 Å². The molecule has 0 saturated heterocycles. The molecule has 0 N–H and O–H groups in total. The predicted molar refractivity (Wildman–Crippen MR) is 116 cm³/mol. The zero-order valence-corrected chi connectivity index (χ0v) is 17.4. The van der Waals surface area contributed by atoms with Gasteiger partial charge in [0.15, 0.2) is 0 Å². The van der Waals surface area contributed by atoms with Crippen molar-refractivity contribution in [1.29, 1.82) is 0 Å². The van der Waals surface area contributed by atoms with E-state index in [0.29, 0.717) is 11.1 Å². The Balaban J connectivity index is 1.61. The number of halogens is 3. The van der Waals surface area contributed by atoms with Gasteiger partial charge in [-0.25, -0.2) is 13.8 Å². The lowest BCUT2D eigenvalue weighted by Gasteiger charge is -2.10. The molecule has 5 rings (SSSR count). The SMILES string of the molecule is Cn1cc(-c2ccc3c(c2)ncn3-c2cc(Br)cc(-c3ccc(F)cc3F)c2)cn1. The summed E-state index contributed by atoms with van der Waals surface area (Å²) in [6.45, 7) is 0. The summed E-state index contributed by atoms with van der Waals surface area (Å²) in [6.07, 6.45) is 5.51. The smallest absolute Gasteiger partial charge is 0.133 e. The third-order valence-electron chi connectivity index (χ3n) is 4.99. The summed E-state index contributed by atoms with van der Waals surface area (Å²) < 4.78 is 32.1. The lowest BCUT2D eigenvalue weighted by atomic mass is 10.0. The van der Waals surface area contributed by atoms with Crippen molar-refractivity contribution in [1.82, 2.24) is 19.3 Å². The quantitative estimate of drug-likeness (QED) is 0.321. The van der Waals surface area contributed by atoms with Crippen molar-refractivity contribution in [2.24, 2.45) is 7.05 Å². The first-order valence-electron chi connectivity index (χ1n) is 9.20. The molecule has 4 nitrogen and oxygen atoms in total. The number of aromatic nitrogens is 4. The molecule has 0 atom stereocenters. The highest BCUT2D eigenvalue weighted by Gasteiger charge is 2.12. The van der Waals surface area contributed by atoms with Crippen LogP contribution in [0.4, 0.5) is 8.78 Å². The summed E-state index contributed by atoms with van der Waals surface area (Å²) in [6, 6.07) is 15.2. The third-order valence-corrected chi connectivity index (χ3v) is 5.45. The normalized spacial score (nSPS) is 11.3. The minimum absolute atomic E-state index is 0.335. The van der Waals surface area contributed by atoms with E-state index in [-0.39, 0.29) is 0 Å². The summed E-state index contributed by atoms with van der Waals surface area (Å²) in [5, 5.41) is 4.22. The zero-order chi connectivity index (χ0) is 20.8. The molecule has 5 aromatic rings. The van der Waals surface area contributed by atoms with Gasteiger partial charge in [0.2, 0.25) is 0 Å². The molecule has 0 saturated carbocycles. The van der Waals surface area contributed by atoms with Crippen LogP contribution in [0.1, 0.15) is 0 Å². The number of hydrogen-bond donors (Lipinski definition) is 0. The van der Waals surface area contributed by atoms with Crippen LogP contribution in [0.2, 0.25) is 0 Å². The zero-order valence-electron chi connectivity index (χ0n) is 15.9. The second-order valence-corrected chi connectivity index (χ2v) is 7.96. The molecule has 2 heterocycles. The Bertz CT molecular complexity index is 1400. The molecular weight excluding hydrogens is 450 g/mol. The maximum atomic E-state index is 14.3. The Kier molecular flexibility index (Phi) is 4.47. The molecule has 148 valence electrons. The minimum Gasteiger partial charge on any atom is -0.299 e. The third kappa shape index (κ3) is 3.31. The van der Waals surface area contributed by atoms with Crippen LogP contribution in [0.3, 0.4) is 0 Å². The summed E-state index contributed by atoms with van der Waals surface area (Å²) in [4.78, 5) is 4.55. The highest BCUT2D eigenvalue weighted by Crippen LogP contribution is 2.31. The second-order valence-electron chi connectivity index (χ2n) is 7.04. The Morgan fingerprint density at radius 2 is 1.77 bits per heavy atom. The summed E-state index contributed by atoms with van der Waals surface area (Å²) in [5.74, 6) is -1.20. The van der Waals surface area contributed by atoms with Gasteiger partial charge in [0.25, 0.3) is 0 Å². The number of nitrogens with zero attached hydrogens (tertiary/aromatic N) is 4. The molecule has 0 aliphatic rings. The molecule has 0 unspecified atom stereocenters. The second kappa shape index (κ2) is 7.18. The van der Waals surface area contributed by atoms with E-state index >= 15 is 0 Å². The summed E-state index contributed by atoms with van der Waals surface area (Å²) in [5.41, 5.74) is 5.61. The molecule has 2 aromatic heterocycles. The molecule has 0 aliphatic carbocycles. The number of benzene rings is 3. The molecule has 0 bridgehead atoms. The molecule has 0 amide bonds. The average molecular weight is 465 g/mol. The topological polar surface area (TPSA) is 35.6 Å². The van der Waals surface area contributed by atoms with E-state index in [1.165, 1.54) is 12.1 Å². The minimum atomic E-state index is -0.601. The first kappa shape index (κ1) is 18.7. The van der Waals surface area contributed by atoms with Gasteiger partial charge in [-0.15, -0.1) is 0 Å². The molecule has 7 heteroatoms. The number of fused-ring (bicyclic) bond motifs is 1. The van der Waals surface area contributed by atoms with Gasteiger partial charge >= 0.3 is 0 Å². The van der Waals surface area contributed by atoms with Crippen molar-refractivity contribution in [3.8, 4) is 27.9 Å². The van der Waals surface area contributed by atoms with Crippen LogP contribution in [0.25, 0.3) is 39.0 Å². The average Bonchev–Trinajstić information content (AvgIpc) is 3.33. The molecule has 0 aliphatic heterocycles. The van der Waals surface area contributed by atoms with Gasteiger partial charge < -0.3 is 0 Å².